The maximum atomic E-state index is 13.5. The Bertz CT molecular complexity index is 1330. The molecule has 1 heterocycles. The zero-order valence-corrected chi connectivity index (χ0v) is 20.0. The van der Waals surface area contributed by atoms with E-state index in [-0.39, 0.29) is 17.6 Å². The third-order valence-corrected chi connectivity index (χ3v) is 7.19. The molecule has 4 heteroatoms. The Hall–Kier alpha value is -3.30. The topological polar surface area (TPSA) is 40.5 Å². The summed E-state index contributed by atoms with van der Waals surface area (Å²) >= 11 is 6.45. The molecule has 0 spiro atoms. The normalized spacial score (nSPS) is 18.8. The van der Waals surface area contributed by atoms with Crippen LogP contribution in [0.5, 0.6) is 5.75 Å². The molecule has 0 saturated heterocycles. The molecule has 0 fully saturated rings. The highest BCUT2D eigenvalue weighted by atomic mass is 35.5. The monoisotopic (exact) mass is 469 g/mol. The standard InChI is InChI=1S/C30H28ClNO2/c1-20-6-15-30(34)24(17-21-7-8-22-4-2-3-5-23(22)16-21)19-32(26-10-12-27(33)13-11-26)29-18-25(31)9-14-28(20)29/h2-5,7-14,16,18,20,24,33H,6,15,17,19H2,1H3. The number of ketones is 1. The second-order valence-corrected chi connectivity index (χ2v) is 9.76. The van der Waals surface area contributed by atoms with Crippen LogP contribution in [-0.4, -0.2) is 17.4 Å². The van der Waals surface area contributed by atoms with Crippen molar-refractivity contribution in [3.05, 3.63) is 101 Å². The highest BCUT2D eigenvalue weighted by Crippen LogP contribution is 2.39. The minimum absolute atomic E-state index is 0.160. The molecule has 0 bridgehead atoms. The fourth-order valence-corrected chi connectivity index (χ4v) is 5.18. The van der Waals surface area contributed by atoms with Crippen molar-refractivity contribution in [3.8, 4) is 5.75 Å². The van der Waals surface area contributed by atoms with Gasteiger partial charge in [-0.2, -0.15) is 0 Å². The fourth-order valence-electron chi connectivity index (χ4n) is 5.01. The van der Waals surface area contributed by atoms with Crippen LogP contribution in [0.15, 0.2) is 84.9 Å². The molecule has 0 radical (unpaired) electrons. The first-order chi connectivity index (χ1) is 16.5. The Labute approximate surface area is 205 Å². The molecule has 0 aromatic heterocycles. The number of halogens is 1. The highest BCUT2D eigenvalue weighted by molar-refractivity contribution is 6.30. The number of anilines is 2. The third kappa shape index (κ3) is 4.67. The van der Waals surface area contributed by atoms with Gasteiger partial charge in [-0.05, 0) is 77.1 Å². The molecule has 3 nitrogen and oxygen atoms in total. The number of Topliss-reactive ketones (excluding diaryl/α,β-unsaturated/α-hetero) is 1. The number of hydrogen-bond acceptors (Lipinski definition) is 3. The maximum absolute atomic E-state index is 13.5. The van der Waals surface area contributed by atoms with Gasteiger partial charge >= 0.3 is 0 Å². The first-order valence-corrected chi connectivity index (χ1v) is 12.2. The lowest BCUT2D eigenvalue weighted by atomic mass is 9.89. The van der Waals surface area contributed by atoms with Gasteiger partial charge in [0.25, 0.3) is 0 Å². The van der Waals surface area contributed by atoms with Crippen molar-refractivity contribution in [2.24, 2.45) is 5.92 Å². The van der Waals surface area contributed by atoms with Gasteiger partial charge in [0.2, 0.25) is 0 Å². The van der Waals surface area contributed by atoms with Gasteiger partial charge < -0.3 is 10.0 Å². The Kier molecular flexibility index (Phi) is 6.30. The quantitative estimate of drug-likeness (QED) is 0.334. The Balaban J connectivity index is 1.57. The molecule has 5 rings (SSSR count). The molecule has 1 aliphatic heterocycles. The molecular weight excluding hydrogens is 442 g/mol. The molecule has 2 unspecified atom stereocenters. The van der Waals surface area contributed by atoms with Gasteiger partial charge in [-0.1, -0.05) is 67.1 Å². The molecule has 4 aromatic carbocycles. The molecule has 4 aromatic rings. The number of nitrogens with zero attached hydrogens (tertiary/aromatic N) is 1. The van der Waals surface area contributed by atoms with Crippen LogP contribution in [0, 0.1) is 5.92 Å². The van der Waals surface area contributed by atoms with Gasteiger partial charge in [0, 0.05) is 35.3 Å². The van der Waals surface area contributed by atoms with E-state index in [1.165, 1.54) is 21.9 Å². The van der Waals surface area contributed by atoms with Gasteiger partial charge in [-0.15, -0.1) is 0 Å². The summed E-state index contributed by atoms with van der Waals surface area (Å²) in [6, 6.07) is 28.0. The summed E-state index contributed by atoms with van der Waals surface area (Å²) in [5.41, 5.74) is 4.33. The molecule has 1 aliphatic rings. The number of rotatable bonds is 3. The lowest BCUT2D eigenvalue weighted by Crippen LogP contribution is -2.31. The van der Waals surface area contributed by atoms with Gasteiger partial charge in [0.1, 0.15) is 11.5 Å². The van der Waals surface area contributed by atoms with Crippen LogP contribution in [0.25, 0.3) is 10.8 Å². The molecule has 0 saturated carbocycles. The number of phenols is 1. The van der Waals surface area contributed by atoms with Crippen LogP contribution >= 0.6 is 11.6 Å². The number of phenolic OH excluding ortho intramolecular Hbond substituents is 1. The molecular formula is C30H28ClNO2. The van der Waals surface area contributed by atoms with E-state index in [1.54, 1.807) is 12.1 Å². The van der Waals surface area contributed by atoms with Crippen molar-refractivity contribution in [3.63, 3.8) is 0 Å². The number of aromatic hydroxyl groups is 1. The lowest BCUT2D eigenvalue weighted by molar-refractivity contribution is -0.122. The van der Waals surface area contributed by atoms with Crippen LogP contribution < -0.4 is 4.90 Å². The van der Waals surface area contributed by atoms with Crippen LogP contribution in [0.1, 0.15) is 36.8 Å². The zero-order chi connectivity index (χ0) is 23.7. The number of fused-ring (bicyclic) bond motifs is 2. The molecule has 34 heavy (non-hydrogen) atoms. The fraction of sp³-hybridized carbons (Fsp3) is 0.233. The van der Waals surface area contributed by atoms with Gasteiger partial charge in [0.15, 0.2) is 0 Å². The maximum Gasteiger partial charge on any atom is 0.138 e. The molecule has 1 N–H and O–H groups in total. The average Bonchev–Trinajstić information content (AvgIpc) is 2.89. The first-order valence-electron chi connectivity index (χ1n) is 11.8. The average molecular weight is 470 g/mol. The summed E-state index contributed by atoms with van der Waals surface area (Å²) < 4.78 is 0. The first kappa shape index (κ1) is 22.5. The molecule has 0 aliphatic carbocycles. The summed E-state index contributed by atoms with van der Waals surface area (Å²) in [6.45, 7) is 2.73. The van der Waals surface area contributed by atoms with Crippen LogP contribution in [0.4, 0.5) is 11.4 Å². The Morgan fingerprint density at radius 3 is 2.50 bits per heavy atom. The van der Waals surface area contributed by atoms with E-state index in [0.717, 1.165) is 17.8 Å². The Morgan fingerprint density at radius 2 is 1.71 bits per heavy atom. The van der Waals surface area contributed by atoms with Crippen molar-refractivity contribution in [2.75, 3.05) is 11.4 Å². The van der Waals surface area contributed by atoms with E-state index in [1.807, 2.05) is 36.4 Å². The summed E-state index contributed by atoms with van der Waals surface area (Å²) in [5.74, 6) is 0.585. The largest absolute Gasteiger partial charge is 0.508 e. The number of carbonyl (C=O) groups is 1. The second kappa shape index (κ2) is 9.52. The third-order valence-electron chi connectivity index (χ3n) is 6.95. The summed E-state index contributed by atoms with van der Waals surface area (Å²) in [5, 5.41) is 12.9. The zero-order valence-electron chi connectivity index (χ0n) is 19.2. The van der Waals surface area contributed by atoms with Crippen LogP contribution in [0.3, 0.4) is 0 Å². The summed E-state index contributed by atoms with van der Waals surface area (Å²) in [4.78, 5) is 15.7. The number of hydrogen-bond donors (Lipinski definition) is 1. The van der Waals surface area contributed by atoms with Gasteiger partial charge in [-0.3, -0.25) is 4.79 Å². The molecule has 2 atom stereocenters. The smallest absolute Gasteiger partial charge is 0.138 e. The predicted molar refractivity (Wildman–Crippen MR) is 140 cm³/mol. The van der Waals surface area contributed by atoms with Crippen molar-refractivity contribution in [1.29, 1.82) is 0 Å². The van der Waals surface area contributed by atoms with E-state index in [4.69, 9.17) is 11.6 Å². The summed E-state index contributed by atoms with van der Waals surface area (Å²) in [6.07, 6.45) is 2.05. The van der Waals surface area contributed by atoms with Crippen LogP contribution in [0.2, 0.25) is 5.02 Å². The summed E-state index contributed by atoms with van der Waals surface area (Å²) in [7, 11) is 0. The lowest BCUT2D eigenvalue weighted by Gasteiger charge is -2.31. The highest BCUT2D eigenvalue weighted by Gasteiger charge is 2.28. The molecule has 0 amide bonds. The van der Waals surface area contributed by atoms with Crippen LogP contribution in [-0.2, 0) is 11.2 Å². The van der Waals surface area contributed by atoms with Crippen molar-refractivity contribution in [2.45, 2.75) is 32.1 Å². The minimum Gasteiger partial charge on any atom is -0.508 e. The van der Waals surface area contributed by atoms with Crippen molar-refractivity contribution >= 4 is 39.5 Å². The van der Waals surface area contributed by atoms with Gasteiger partial charge in [-0.25, -0.2) is 0 Å². The number of benzene rings is 4. The van der Waals surface area contributed by atoms with E-state index >= 15 is 0 Å². The minimum atomic E-state index is -0.160. The van der Waals surface area contributed by atoms with Crippen molar-refractivity contribution < 1.29 is 9.90 Å². The molecule has 172 valence electrons. The van der Waals surface area contributed by atoms with Crippen molar-refractivity contribution in [1.82, 2.24) is 0 Å². The van der Waals surface area contributed by atoms with E-state index in [2.05, 4.69) is 48.2 Å². The predicted octanol–water partition coefficient (Wildman–Crippen LogP) is 7.66. The van der Waals surface area contributed by atoms with E-state index in [0.29, 0.717) is 30.2 Å². The van der Waals surface area contributed by atoms with Gasteiger partial charge in [0.05, 0.1) is 0 Å². The van der Waals surface area contributed by atoms with E-state index < -0.39 is 0 Å². The van der Waals surface area contributed by atoms with E-state index in [9.17, 15) is 9.90 Å². The second-order valence-electron chi connectivity index (χ2n) is 9.32. The SMILES string of the molecule is CC1CCC(=O)C(Cc2ccc3ccccc3c2)CN(c2ccc(O)cc2)c2cc(Cl)ccc21. The number of carbonyl (C=O) groups excluding carboxylic acids is 1. The Morgan fingerprint density at radius 1 is 0.941 bits per heavy atom.